The first kappa shape index (κ1) is 13.5. The van der Waals surface area contributed by atoms with Gasteiger partial charge in [-0.15, -0.1) is 11.6 Å². The zero-order valence-corrected chi connectivity index (χ0v) is 12.3. The van der Waals surface area contributed by atoms with Crippen molar-refractivity contribution in [3.8, 4) is 0 Å². The molecule has 0 aromatic heterocycles. The topological polar surface area (TPSA) is 0 Å². The minimum Gasteiger partial charge on any atom is -0.113 e. The second-order valence-corrected chi connectivity index (χ2v) is 5.51. The summed E-state index contributed by atoms with van der Waals surface area (Å²) in [5.41, 5.74) is 5.52. The highest BCUT2D eigenvalue weighted by atomic mass is 35.5. The highest BCUT2D eigenvalue weighted by Crippen LogP contribution is 2.37. The van der Waals surface area contributed by atoms with E-state index < -0.39 is 0 Å². The van der Waals surface area contributed by atoms with Crippen LogP contribution >= 0.6 is 23.2 Å². The van der Waals surface area contributed by atoms with E-state index in [9.17, 15) is 0 Å². The van der Waals surface area contributed by atoms with Crippen molar-refractivity contribution in [2.75, 3.05) is 0 Å². The Bertz CT molecular complexity index is 556. The average Bonchev–Trinajstić information content (AvgIpc) is 2.35. The van der Waals surface area contributed by atoms with Gasteiger partial charge in [0.15, 0.2) is 0 Å². The number of halogens is 2. The number of benzene rings is 2. The molecule has 0 aliphatic rings. The second kappa shape index (κ2) is 5.34. The molecular weight excluding hydrogens is 263 g/mol. The fraction of sp³-hybridized carbons (Fsp3) is 0.250. The molecule has 0 saturated heterocycles. The summed E-state index contributed by atoms with van der Waals surface area (Å²) in [6.45, 7) is 6.12. The van der Waals surface area contributed by atoms with Gasteiger partial charge in [0.25, 0.3) is 0 Å². The molecule has 0 fully saturated rings. The van der Waals surface area contributed by atoms with Crippen molar-refractivity contribution < 1.29 is 0 Å². The van der Waals surface area contributed by atoms with Gasteiger partial charge in [-0.25, -0.2) is 0 Å². The molecule has 2 rings (SSSR count). The van der Waals surface area contributed by atoms with E-state index in [1.54, 1.807) is 0 Å². The van der Waals surface area contributed by atoms with Crippen molar-refractivity contribution in [1.29, 1.82) is 0 Å². The molecule has 0 aliphatic heterocycles. The lowest BCUT2D eigenvalue weighted by molar-refractivity contribution is 1.10. The van der Waals surface area contributed by atoms with Crippen LogP contribution in [0.4, 0.5) is 0 Å². The first-order chi connectivity index (χ1) is 8.50. The molecule has 0 N–H and O–H groups in total. The molecule has 0 aliphatic carbocycles. The van der Waals surface area contributed by atoms with Gasteiger partial charge in [0.2, 0.25) is 0 Å². The number of aryl methyl sites for hydroxylation is 3. The van der Waals surface area contributed by atoms with Gasteiger partial charge in [-0.05, 0) is 43.0 Å². The summed E-state index contributed by atoms with van der Waals surface area (Å²) in [6, 6.07) is 12.4. The van der Waals surface area contributed by atoms with E-state index >= 15 is 0 Å². The van der Waals surface area contributed by atoms with Gasteiger partial charge in [0.1, 0.15) is 0 Å². The quantitative estimate of drug-likeness (QED) is 0.628. The summed E-state index contributed by atoms with van der Waals surface area (Å²) in [7, 11) is 0. The van der Waals surface area contributed by atoms with Crippen molar-refractivity contribution in [1.82, 2.24) is 0 Å². The summed E-state index contributed by atoms with van der Waals surface area (Å²) in [5, 5.41) is 0.577. The van der Waals surface area contributed by atoms with Crippen LogP contribution in [-0.2, 0) is 0 Å². The molecule has 0 heterocycles. The lowest BCUT2D eigenvalue weighted by Gasteiger charge is -2.16. The number of alkyl halides is 1. The van der Waals surface area contributed by atoms with Crippen molar-refractivity contribution in [3.05, 3.63) is 69.2 Å². The number of hydrogen-bond acceptors (Lipinski definition) is 0. The Morgan fingerprint density at radius 3 is 2.00 bits per heavy atom. The van der Waals surface area contributed by atoms with Crippen LogP contribution in [0.1, 0.15) is 33.2 Å². The van der Waals surface area contributed by atoms with Crippen molar-refractivity contribution in [3.63, 3.8) is 0 Å². The average molecular weight is 279 g/mol. The van der Waals surface area contributed by atoms with Crippen LogP contribution in [0.2, 0.25) is 5.02 Å². The first-order valence-electron chi connectivity index (χ1n) is 5.97. The summed E-state index contributed by atoms with van der Waals surface area (Å²) in [5.74, 6) is 0. The molecule has 2 aromatic rings. The smallest absolute Gasteiger partial charge is 0.0852 e. The summed E-state index contributed by atoms with van der Waals surface area (Å²) in [4.78, 5) is 0. The number of hydrogen-bond donors (Lipinski definition) is 0. The van der Waals surface area contributed by atoms with Crippen LogP contribution in [-0.4, -0.2) is 0 Å². The van der Waals surface area contributed by atoms with Gasteiger partial charge in [-0.1, -0.05) is 53.6 Å². The Morgan fingerprint density at radius 1 is 0.833 bits per heavy atom. The van der Waals surface area contributed by atoms with Crippen LogP contribution in [0, 0.1) is 20.8 Å². The molecule has 1 unspecified atom stereocenters. The third-order valence-electron chi connectivity index (χ3n) is 3.21. The van der Waals surface area contributed by atoms with E-state index in [-0.39, 0.29) is 5.38 Å². The van der Waals surface area contributed by atoms with E-state index in [2.05, 4.69) is 37.3 Å². The lowest BCUT2D eigenvalue weighted by Crippen LogP contribution is -1.99. The molecule has 0 bridgehead atoms. The van der Waals surface area contributed by atoms with Crippen molar-refractivity contribution in [2.45, 2.75) is 26.1 Å². The van der Waals surface area contributed by atoms with Crippen molar-refractivity contribution in [2.24, 2.45) is 0 Å². The predicted octanol–water partition coefficient (Wildman–Crippen LogP) is 5.59. The molecule has 94 valence electrons. The maximum Gasteiger partial charge on any atom is 0.0852 e. The minimum absolute atomic E-state index is 0.196. The van der Waals surface area contributed by atoms with Crippen LogP contribution < -0.4 is 0 Å². The van der Waals surface area contributed by atoms with Gasteiger partial charge < -0.3 is 0 Å². The van der Waals surface area contributed by atoms with E-state index in [1.807, 2.05) is 19.9 Å². The van der Waals surface area contributed by atoms with Gasteiger partial charge in [-0.3, -0.25) is 0 Å². The van der Waals surface area contributed by atoms with Crippen LogP contribution in [0.3, 0.4) is 0 Å². The molecule has 1 atom stereocenters. The van der Waals surface area contributed by atoms with Gasteiger partial charge >= 0.3 is 0 Å². The van der Waals surface area contributed by atoms with E-state index in [0.29, 0.717) is 0 Å². The minimum atomic E-state index is -0.196. The van der Waals surface area contributed by atoms with Gasteiger partial charge in [0.05, 0.1) is 5.38 Å². The fourth-order valence-corrected chi connectivity index (χ4v) is 2.82. The van der Waals surface area contributed by atoms with Gasteiger partial charge in [0, 0.05) is 5.02 Å². The standard InChI is InChI=1S/C16H16Cl2/c1-10-4-8-13(9-5-10)16(18)14-11(2)6-7-12(3)15(14)17/h4-9,16H,1-3H3. The van der Waals surface area contributed by atoms with Gasteiger partial charge in [-0.2, -0.15) is 0 Å². The predicted molar refractivity (Wildman–Crippen MR) is 79.8 cm³/mol. The zero-order chi connectivity index (χ0) is 13.3. The van der Waals surface area contributed by atoms with E-state index in [4.69, 9.17) is 23.2 Å². The van der Waals surface area contributed by atoms with Crippen LogP contribution in [0.5, 0.6) is 0 Å². The van der Waals surface area contributed by atoms with Crippen LogP contribution in [0.15, 0.2) is 36.4 Å². The number of rotatable bonds is 2. The Hall–Kier alpha value is -0.980. The molecule has 0 saturated carbocycles. The zero-order valence-electron chi connectivity index (χ0n) is 10.8. The summed E-state index contributed by atoms with van der Waals surface area (Å²) in [6.07, 6.45) is 0. The molecule has 0 spiro atoms. The molecule has 18 heavy (non-hydrogen) atoms. The normalized spacial score (nSPS) is 12.5. The monoisotopic (exact) mass is 278 g/mol. The molecular formula is C16H16Cl2. The Balaban J connectivity index is 2.49. The second-order valence-electron chi connectivity index (χ2n) is 4.70. The molecule has 2 heteroatoms. The highest BCUT2D eigenvalue weighted by Gasteiger charge is 2.17. The van der Waals surface area contributed by atoms with E-state index in [0.717, 1.165) is 27.3 Å². The SMILES string of the molecule is Cc1ccc(C(Cl)c2c(C)ccc(C)c2Cl)cc1. The maximum atomic E-state index is 6.58. The lowest BCUT2D eigenvalue weighted by atomic mass is 9.97. The Kier molecular flexibility index (Phi) is 3.99. The molecule has 2 aromatic carbocycles. The van der Waals surface area contributed by atoms with Crippen LogP contribution in [0.25, 0.3) is 0 Å². The third-order valence-corrected chi connectivity index (χ3v) is 4.19. The maximum absolute atomic E-state index is 6.58. The first-order valence-corrected chi connectivity index (χ1v) is 6.78. The fourth-order valence-electron chi connectivity index (χ4n) is 2.01. The highest BCUT2D eigenvalue weighted by molar-refractivity contribution is 6.34. The molecule has 0 amide bonds. The summed E-state index contributed by atoms with van der Waals surface area (Å²) < 4.78 is 0. The molecule has 0 nitrogen and oxygen atoms in total. The largest absolute Gasteiger partial charge is 0.113 e. The Morgan fingerprint density at radius 2 is 1.39 bits per heavy atom. The van der Waals surface area contributed by atoms with E-state index in [1.165, 1.54) is 5.56 Å². The third kappa shape index (κ3) is 2.55. The molecule has 0 radical (unpaired) electrons. The Labute approximate surface area is 119 Å². The summed E-state index contributed by atoms with van der Waals surface area (Å²) >= 11 is 13.0. The van der Waals surface area contributed by atoms with Crippen molar-refractivity contribution >= 4 is 23.2 Å².